The van der Waals surface area contributed by atoms with Crippen LogP contribution in [0.4, 0.5) is 38.3 Å². The minimum atomic E-state index is -4.51. The van der Waals surface area contributed by atoms with Crippen molar-refractivity contribution in [3.63, 3.8) is 0 Å². The van der Waals surface area contributed by atoms with Gasteiger partial charge in [0, 0.05) is 31.2 Å². The molecule has 0 unspecified atom stereocenters. The minimum absolute atomic E-state index is 0.182. The highest BCUT2D eigenvalue weighted by atomic mass is 19.4. The number of H-pyrrole nitrogens is 1. The molecule has 5 heterocycles. The van der Waals surface area contributed by atoms with Crippen LogP contribution in [0.3, 0.4) is 0 Å². The predicted molar refractivity (Wildman–Crippen MR) is 126 cm³/mol. The third-order valence-corrected chi connectivity index (χ3v) is 7.38. The molecule has 3 aliphatic rings. The van der Waals surface area contributed by atoms with Crippen LogP contribution in [0.25, 0.3) is 22.3 Å². The molecule has 0 radical (unpaired) electrons. The normalized spacial score (nSPS) is 20.8. The number of halogens is 5. The molecule has 0 aromatic carbocycles. The van der Waals surface area contributed by atoms with E-state index in [4.69, 9.17) is 4.74 Å². The molecular formula is C23H25F5N8O2. The van der Waals surface area contributed by atoms with Crippen molar-refractivity contribution < 1.29 is 31.5 Å². The van der Waals surface area contributed by atoms with Crippen molar-refractivity contribution in [2.75, 3.05) is 43.1 Å². The summed E-state index contributed by atoms with van der Waals surface area (Å²) in [7, 11) is 0. The lowest BCUT2D eigenvalue weighted by atomic mass is 9.97. The van der Waals surface area contributed by atoms with Crippen LogP contribution >= 0.6 is 0 Å². The summed E-state index contributed by atoms with van der Waals surface area (Å²) in [6.45, 7) is -0.144. The number of rotatable bonds is 4. The molecule has 6 rings (SSSR count). The second-order valence-electron chi connectivity index (χ2n) is 10.0. The Bertz CT molecular complexity index is 1360. The maximum absolute atomic E-state index is 14.1. The number of pyridine rings is 1. The van der Waals surface area contributed by atoms with Crippen LogP contribution in [-0.2, 0) is 11.3 Å². The average molecular weight is 540 g/mol. The molecule has 15 heteroatoms. The molecule has 1 spiro atoms. The van der Waals surface area contributed by atoms with Gasteiger partial charge in [0.05, 0.1) is 48.2 Å². The average Bonchev–Trinajstić information content (AvgIpc) is 3.36. The van der Waals surface area contributed by atoms with Crippen molar-refractivity contribution in [2.45, 2.75) is 49.9 Å². The molecule has 0 bridgehead atoms. The molecule has 2 amide bonds. The van der Waals surface area contributed by atoms with E-state index in [-0.39, 0.29) is 35.4 Å². The fourth-order valence-electron chi connectivity index (χ4n) is 5.23. The van der Waals surface area contributed by atoms with Gasteiger partial charge >= 0.3 is 12.2 Å². The molecule has 2 saturated heterocycles. The number of hydrogen-bond donors (Lipinski definition) is 2. The van der Waals surface area contributed by atoms with Gasteiger partial charge in [0.1, 0.15) is 12.2 Å². The summed E-state index contributed by atoms with van der Waals surface area (Å²) in [6.07, 6.45) is -0.441. The maximum atomic E-state index is 14.1. The third-order valence-electron chi connectivity index (χ3n) is 7.38. The number of nitrogens with one attached hydrogen (secondary N) is 2. The number of carbonyl (C=O) groups excluding carboxylic acids is 1. The number of anilines is 2. The van der Waals surface area contributed by atoms with Crippen LogP contribution in [0.2, 0.25) is 0 Å². The number of amides is 2. The lowest BCUT2D eigenvalue weighted by Gasteiger charge is -2.40. The monoisotopic (exact) mass is 540 g/mol. The van der Waals surface area contributed by atoms with E-state index in [2.05, 4.69) is 25.6 Å². The van der Waals surface area contributed by atoms with E-state index >= 15 is 0 Å². The number of alkyl halides is 5. The van der Waals surface area contributed by atoms with Crippen molar-refractivity contribution in [2.24, 2.45) is 0 Å². The molecule has 0 atom stereocenters. The second kappa shape index (κ2) is 8.78. The number of likely N-dealkylation sites (tertiary alicyclic amines) is 1. The zero-order valence-electron chi connectivity index (χ0n) is 20.2. The van der Waals surface area contributed by atoms with Crippen LogP contribution in [0.15, 0.2) is 18.5 Å². The number of carbonyl (C=O) groups is 1. The second-order valence-corrected chi connectivity index (χ2v) is 10.0. The third kappa shape index (κ3) is 4.63. The van der Waals surface area contributed by atoms with Crippen LogP contribution in [-0.4, -0.2) is 86.4 Å². The zero-order chi connectivity index (χ0) is 26.7. The van der Waals surface area contributed by atoms with Gasteiger partial charge in [0.15, 0.2) is 5.82 Å². The summed E-state index contributed by atoms with van der Waals surface area (Å²) in [5.74, 6) is -2.59. The highest BCUT2D eigenvalue weighted by Gasteiger charge is 2.57. The number of urea groups is 1. The van der Waals surface area contributed by atoms with E-state index in [9.17, 15) is 26.7 Å². The largest absolute Gasteiger partial charge is 0.408 e. The van der Waals surface area contributed by atoms with Crippen LogP contribution in [0.5, 0.6) is 0 Å². The fraction of sp³-hybridized carbons (Fsp3) is 0.565. The standard InChI is InChI=1S/C23H25F5N8O2/c24-22(25)4-3-21(1-2-21)35(12-22)20(37)31-16-11-30-32-18(16)15-9-17-14(10-29-15)19(34-5-7-38-8-6-34)33-36(17)13-23(26,27)28/h9-11H,1-8,12-13H2,(H,30,32)(H,31,37). The molecule has 2 N–H and O–H groups in total. The number of morpholine rings is 1. The Kier molecular flexibility index (Phi) is 5.74. The van der Waals surface area contributed by atoms with Gasteiger partial charge in [-0.25, -0.2) is 13.6 Å². The van der Waals surface area contributed by atoms with Gasteiger partial charge in [-0.1, -0.05) is 0 Å². The lowest BCUT2D eigenvalue weighted by Crippen LogP contribution is -2.54. The topological polar surface area (TPSA) is 104 Å². The van der Waals surface area contributed by atoms with E-state index in [0.717, 1.165) is 4.68 Å². The summed E-state index contributed by atoms with van der Waals surface area (Å²) in [5.41, 5.74) is 0.288. The van der Waals surface area contributed by atoms with Gasteiger partial charge in [0.2, 0.25) is 0 Å². The molecule has 204 valence electrons. The summed E-state index contributed by atoms with van der Waals surface area (Å²) < 4.78 is 74.5. The van der Waals surface area contributed by atoms with E-state index in [1.54, 1.807) is 0 Å². The molecule has 38 heavy (non-hydrogen) atoms. The fourth-order valence-corrected chi connectivity index (χ4v) is 5.23. The molecule has 1 aliphatic carbocycles. The van der Waals surface area contributed by atoms with Gasteiger partial charge in [0.25, 0.3) is 5.92 Å². The zero-order valence-corrected chi connectivity index (χ0v) is 20.2. The number of piperidine rings is 1. The summed E-state index contributed by atoms with van der Waals surface area (Å²) in [6, 6.07) is 0.765. The van der Waals surface area contributed by atoms with Gasteiger partial charge in [-0.2, -0.15) is 23.4 Å². The smallest absolute Gasteiger partial charge is 0.378 e. The number of nitrogens with zero attached hydrogens (tertiary/aromatic N) is 6. The Morgan fingerprint density at radius 1 is 1.13 bits per heavy atom. The maximum Gasteiger partial charge on any atom is 0.408 e. The van der Waals surface area contributed by atoms with Crippen LogP contribution in [0.1, 0.15) is 25.7 Å². The number of ether oxygens (including phenoxy) is 1. The SMILES string of the molecule is O=C(Nc1cn[nH]c1-c1cc2c(cn1)c(N1CCOCC1)nn2CC(F)(F)F)N1CC(F)(F)CCC12CC2. The molecule has 3 aromatic heterocycles. The first-order chi connectivity index (χ1) is 18.0. The first-order valence-corrected chi connectivity index (χ1v) is 12.3. The highest BCUT2D eigenvalue weighted by molar-refractivity contribution is 5.96. The number of aromatic amines is 1. The lowest BCUT2D eigenvalue weighted by molar-refractivity contribution is -0.141. The van der Waals surface area contributed by atoms with E-state index in [1.165, 1.54) is 23.4 Å². The van der Waals surface area contributed by atoms with Gasteiger partial charge in [-0.15, -0.1) is 0 Å². The first kappa shape index (κ1) is 24.8. The Balaban J connectivity index is 1.32. The Labute approximate surface area is 213 Å². The van der Waals surface area contributed by atoms with Gasteiger partial charge < -0.3 is 19.9 Å². The molecule has 2 aliphatic heterocycles. The number of aromatic nitrogens is 5. The molecule has 1 saturated carbocycles. The molecular weight excluding hydrogens is 515 g/mol. The molecule has 10 nitrogen and oxygen atoms in total. The summed E-state index contributed by atoms with van der Waals surface area (Å²) in [5, 5.41) is 14.0. The van der Waals surface area contributed by atoms with Crippen LogP contribution in [0, 0.1) is 0 Å². The summed E-state index contributed by atoms with van der Waals surface area (Å²) in [4.78, 5) is 20.5. The predicted octanol–water partition coefficient (Wildman–Crippen LogP) is 4.02. The van der Waals surface area contributed by atoms with E-state index in [1.807, 2.05) is 4.90 Å². The molecule has 3 fully saturated rings. The van der Waals surface area contributed by atoms with Gasteiger partial charge in [-0.3, -0.25) is 14.8 Å². The summed E-state index contributed by atoms with van der Waals surface area (Å²) >= 11 is 0. The Morgan fingerprint density at radius 3 is 2.58 bits per heavy atom. The van der Waals surface area contributed by atoms with Crippen molar-refractivity contribution in [3.8, 4) is 11.4 Å². The van der Waals surface area contributed by atoms with Crippen LogP contribution < -0.4 is 10.2 Å². The minimum Gasteiger partial charge on any atom is -0.378 e. The first-order valence-electron chi connectivity index (χ1n) is 12.3. The molecule has 3 aromatic rings. The van der Waals surface area contributed by atoms with Crippen molar-refractivity contribution in [3.05, 3.63) is 18.5 Å². The Morgan fingerprint density at radius 2 is 1.87 bits per heavy atom. The number of fused-ring (bicyclic) bond motifs is 1. The quantitative estimate of drug-likeness (QED) is 0.485. The van der Waals surface area contributed by atoms with E-state index < -0.39 is 36.8 Å². The van der Waals surface area contributed by atoms with Crippen molar-refractivity contribution >= 4 is 28.4 Å². The highest BCUT2D eigenvalue weighted by Crippen LogP contribution is 2.51. The van der Waals surface area contributed by atoms with Crippen molar-refractivity contribution in [1.82, 2.24) is 29.9 Å². The van der Waals surface area contributed by atoms with E-state index in [0.29, 0.717) is 50.3 Å². The van der Waals surface area contributed by atoms with Gasteiger partial charge in [-0.05, 0) is 25.3 Å². The number of hydrogen-bond acceptors (Lipinski definition) is 6. The Hall–Kier alpha value is -3.49. The van der Waals surface area contributed by atoms with Crippen molar-refractivity contribution in [1.29, 1.82) is 0 Å².